The summed E-state index contributed by atoms with van der Waals surface area (Å²) in [4.78, 5) is 27.3. The lowest BCUT2D eigenvalue weighted by molar-refractivity contribution is -0.139. The van der Waals surface area contributed by atoms with Gasteiger partial charge < -0.3 is 10.6 Å². The third-order valence-corrected chi connectivity index (χ3v) is 4.29. The monoisotopic (exact) mass is 362 g/mol. The van der Waals surface area contributed by atoms with E-state index in [1.54, 1.807) is 36.7 Å². The molecule has 0 atom stereocenters. The topological polar surface area (TPSA) is 131 Å². The molecule has 1 aromatic heterocycles. The molecule has 0 saturated carbocycles. The van der Waals surface area contributed by atoms with Crippen molar-refractivity contribution < 1.29 is 18.0 Å². The van der Waals surface area contributed by atoms with Crippen molar-refractivity contribution in [3.8, 4) is 0 Å². The fourth-order valence-corrected chi connectivity index (χ4v) is 2.53. The van der Waals surface area contributed by atoms with E-state index in [9.17, 15) is 18.0 Å². The lowest BCUT2D eigenvalue weighted by Crippen LogP contribution is -2.40. The lowest BCUT2D eigenvalue weighted by Gasteiger charge is -2.07. The number of hydrogen-bond donors (Lipinski definition) is 3. The number of pyridine rings is 1. The largest absolute Gasteiger partial charge is 0.348 e. The SMILES string of the molecule is NS(=O)(=O)c1ccc(CCNC(=O)C(=O)NCc2ccncc2)cc1. The van der Waals surface area contributed by atoms with Gasteiger partial charge >= 0.3 is 11.8 Å². The molecular weight excluding hydrogens is 344 g/mol. The first-order valence-corrected chi connectivity index (χ1v) is 8.97. The van der Waals surface area contributed by atoms with E-state index < -0.39 is 21.8 Å². The number of aromatic nitrogens is 1. The normalized spacial score (nSPS) is 10.9. The maximum atomic E-state index is 11.7. The molecular formula is C16H18N4O4S. The van der Waals surface area contributed by atoms with E-state index in [1.165, 1.54) is 12.1 Å². The smallest absolute Gasteiger partial charge is 0.309 e. The minimum Gasteiger partial charge on any atom is -0.348 e. The molecule has 0 aliphatic heterocycles. The van der Waals surface area contributed by atoms with Gasteiger partial charge in [-0.25, -0.2) is 13.6 Å². The molecule has 0 fully saturated rings. The molecule has 0 aliphatic carbocycles. The van der Waals surface area contributed by atoms with Crippen LogP contribution in [0.15, 0.2) is 53.7 Å². The van der Waals surface area contributed by atoms with Gasteiger partial charge in [-0.2, -0.15) is 0 Å². The van der Waals surface area contributed by atoms with Crippen LogP contribution in [0.4, 0.5) is 0 Å². The molecule has 0 aliphatic rings. The number of nitrogens with zero attached hydrogens (tertiary/aromatic N) is 1. The highest BCUT2D eigenvalue weighted by molar-refractivity contribution is 7.89. The molecule has 2 amide bonds. The number of nitrogens with two attached hydrogens (primary N) is 1. The zero-order valence-corrected chi connectivity index (χ0v) is 14.1. The number of primary sulfonamides is 1. The molecule has 132 valence electrons. The minimum atomic E-state index is -3.72. The summed E-state index contributed by atoms with van der Waals surface area (Å²) in [7, 11) is -3.72. The molecule has 0 radical (unpaired) electrons. The third kappa shape index (κ3) is 5.98. The Kier molecular flexibility index (Phi) is 6.20. The molecule has 2 rings (SSSR count). The maximum Gasteiger partial charge on any atom is 0.309 e. The summed E-state index contributed by atoms with van der Waals surface area (Å²) in [5.41, 5.74) is 1.65. The highest BCUT2D eigenvalue weighted by atomic mass is 32.2. The van der Waals surface area contributed by atoms with Gasteiger partial charge in [0, 0.05) is 25.5 Å². The second-order valence-electron chi connectivity index (χ2n) is 5.23. The first kappa shape index (κ1) is 18.6. The summed E-state index contributed by atoms with van der Waals surface area (Å²) in [6, 6.07) is 9.49. The number of hydrogen-bond acceptors (Lipinski definition) is 5. The molecule has 9 heteroatoms. The first-order valence-electron chi connectivity index (χ1n) is 7.43. The molecule has 1 heterocycles. The molecule has 4 N–H and O–H groups in total. The van der Waals surface area contributed by atoms with E-state index in [1.807, 2.05) is 0 Å². The maximum absolute atomic E-state index is 11.7. The zero-order valence-electron chi connectivity index (χ0n) is 13.3. The number of nitrogens with one attached hydrogen (secondary N) is 2. The summed E-state index contributed by atoms with van der Waals surface area (Å²) in [6.07, 6.45) is 3.65. The Morgan fingerprint density at radius 2 is 1.52 bits per heavy atom. The van der Waals surface area contributed by atoms with Crippen molar-refractivity contribution in [2.45, 2.75) is 17.9 Å². The number of carbonyl (C=O) groups excluding carboxylic acids is 2. The van der Waals surface area contributed by atoms with Gasteiger partial charge in [0.05, 0.1) is 4.90 Å². The number of sulfonamides is 1. The van der Waals surface area contributed by atoms with Crippen LogP contribution in [0.2, 0.25) is 0 Å². The van der Waals surface area contributed by atoms with Gasteiger partial charge in [0.25, 0.3) is 0 Å². The highest BCUT2D eigenvalue weighted by Gasteiger charge is 2.12. The van der Waals surface area contributed by atoms with Crippen molar-refractivity contribution in [1.82, 2.24) is 15.6 Å². The summed E-state index contributed by atoms with van der Waals surface area (Å²) in [6.45, 7) is 0.486. The van der Waals surface area contributed by atoms with Crippen LogP contribution in [0.1, 0.15) is 11.1 Å². The Bertz CT molecular complexity index is 836. The highest BCUT2D eigenvalue weighted by Crippen LogP contribution is 2.08. The van der Waals surface area contributed by atoms with Gasteiger partial charge in [-0.1, -0.05) is 12.1 Å². The van der Waals surface area contributed by atoms with Crippen LogP contribution in [0.25, 0.3) is 0 Å². The van der Waals surface area contributed by atoms with Crippen LogP contribution in [0.5, 0.6) is 0 Å². The van der Waals surface area contributed by atoms with Gasteiger partial charge in [-0.05, 0) is 41.8 Å². The van der Waals surface area contributed by atoms with Gasteiger partial charge in [0.15, 0.2) is 0 Å². The van der Waals surface area contributed by atoms with Crippen molar-refractivity contribution in [2.24, 2.45) is 5.14 Å². The van der Waals surface area contributed by atoms with E-state index in [0.29, 0.717) is 6.42 Å². The van der Waals surface area contributed by atoms with E-state index in [0.717, 1.165) is 11.1 Å². The number of carbonyl (C=O) groups is 2. The van der Waals surface area contributed by atoms with Gasteiger partial charge in [-0.15, -0.1) is 0 Å². The van der Waals surface area contributed by atoms with Crippen molar-refractivity contribution in [1.29, 1.82) is 0 Å². The molecule has 1 aromatic carbocycles. The minimum absolute atomic E-state index is 0.0239. The average Bonchev–Trinajstić information content (AvgIpc) is 2.60. The van der Waals surface area contributed by atoms with E-state index in [4.69, 9.17) is 5.14 Å². The molecule has 2 aromatic rings. The van der Waals surface area contributed by atoms with Crippen LogP contribution in [-0.4, -0.2) is 31.8 Å². The standard InChI is InChI=1S/C16H18N4O4S/c17-25(23,24)14-3-1-12(2-4-14)7-10-19-15(21)16(22)20-11-13-5-8-18-9-6-13/h1-6,8-9H,7,10-11H2,(H,19,21)(H,20,22)(H2,17,23,24). The average molecular weight is 362 g/mol. The summed E-state index contributed by atoms with van der Waals surface area (Å²) in [5.74, 6) is -1.45. The predicted octanol–water partition coefficient (Wildman–Crippen LogP) is -0.296. The Hall–Kier alpha value is -2.78. The van der Waals surface area contributed by atoms with Gasteiger partial charge in [0.2, 0.25) is 10.0 Å². The van der Waals surface area contributed by atoms with Gasteiger partial charge in [0.1, 0.15) is 0 Å². The van der Waals surface area contributed by atoms with E-state index >= 15 is 0 Å². The van der Waals surface area contributed by atoms with Crippen LogP contribution in [0.3, 0.4) is 0 Å². The molecule has 0 saturated heterocycles. The fourth-order valence-electron chi connectivity index (χ4n) is 2.01. The van der Waals surface area contributed by atoms with Crippen LogP contribution < -0.4 is 15.8 Å². The molecule has 0 spiro atoms. The van der Waals surface area contributed by atoms with E-state index in [2.05, 4.69) is 15.6 Å². The Balaban J connectivity index is 1.75. The number of amides is 2. The van der Waals surface area contributed by atoms with Crippen molar-refractivity contribution >= 4 is 21.8 Å². The fraction of sp³-hybridized carbons (Fsp3) is 0.188. The quantitative estimate of drug-likeness (QED) is 0.607. The lowest BCUT2D eigenvalue weighted by atomic mass is 10.1. The Labute approximate surface area is 145 Å². The molecule has 25 heavy (non-hydrogen) atoms. The molecule has 0 unspecified atom stereocenters. The van der Waals surface area contributed by atoms with Crippen molar-refractivity contribution in [3.05, 3.63) is 59.9 Å². The second-order valence-corrected chi connectivity index (χ2v) is 6.79. The predicted molar refractivity (Wildman–Crippen MR) is 90.6 cm³/mol. The van der Waals surface area contributed by atoms with Crippen LogP contribution in [0, 0.1) is 0 Å². The van der Waals surface area contributed by atoms with Crippen LogP contribution in [-0.2, 0) is 32.6 Å². The second kappa shape index (κ2) is 8.36. The summed E-state index contributed by atoms with van der Waals surface area (Å²) in [5, 5.41) is 10.0. The third-order valence-electron chi connectivity index (χ3n) is 3.36. The molecule has 8 nitrogen and oxygen atoms in total. The van der Waals surface area contributed by atoms with Gasteiger partial charge in [-0.3, -0.25) is 14.6 Å². The number of rotatable bonds is 6. The van der Waals surface area contributed by atoms with E-state index in [-0.39, 0.29) is 18.0 Å². The Morgan fingerprint density at radius 1 is 0.920 bits per heavy atom. The van der Waals surface area contributed by atoms with Crippen molar-refractivity contribution in [3.63, 3.8) is 0 Å². The summed E-state index contributed by atoms with van der Waals surface area (Å²) < 4.78 is 22.3. The Morgan fingerprint density at radius 3 is 2.12 bits per heavy atom. The van der Waals surface area contributed by atoms with Crippen molar-refractivity contribution in [2.75, 3.05) is 6.54 Å². The zero-order chi connectivity index (χ0) is 18.3. The summed E-state index contributed by atoms with van der Waals surface area (Å²) >= 11 is 0. The molecule has 0 bridgehead atoms. The number of benzene rings is 1. The van der Waals surface area contributed by atoms with Crippen LogP contribution >= 0.6 is 0 Å². The first-order chi connectivity index (χ1) is 11.9.